The number of carbonyl (C=O) groups is 2. The molecule has 1 saturated heterocycles. The molecule has 0 bridgehead atoms. The Morgan fingerprint density at radius 2 is 1.95 bits per heavy atom. The monoisotopic (exact) mass is 268 g/mol. The van der Waals surface area contributed by atoms with Gasteiger partial charge in [-0.2, -0.15) is 0 Å². The molecule has 0 spiro atoms. The van der Waals surface area contributed by atoms with E-state index in [0.717, 1.165) is 12.8 Å². The summed E-state index contributed by atoms with van der Waals surface area (Å²) in [4.78, 5) is 26.1. The second-order valence-corrected chi connectivity index (χ2v) is 6.68. The molecule has 19 heavy (non-hydrogen) atoms. The number of rotatable bonds is 5. The number of nitrogens with one attached hydrogen (secondary N) is 1. The van der Waals surface area contributed by atoms with E-state index in [9.17, 15) is 9.59 Å². The van der Waals surface area contributed by atoms with Gasteiger partial charge in [0.2, 0.25) is 11.8 Å². The van der Waals surface area contributed by atoms with Crippen LogP contribution in [0, 0.1) is 5.41 Å². The highest BCUT2D eigenvalue weighted by Gasteiger charge is 2.41. The van der Waals surface area contributed by atoms with Crippen molar-refractivity contribution in [2.45, 2.75) is 72.4 Å². The van der Waals surface area contributed by atoms with E-state index < -0.39 is 6.04 Å². The van der Waals surface area contributed by atoms with Gasteiger partial charge in [-0.1, -0.05) is 47.0 Å². The summed E-state index contributed by atoms with van der Waals surface area (Å²) in [5.74, 6) is 0.0259. The van der Waals surface area contributed by atoms with Crippen molar-refractivity contribution in [1.82, 2.24) is 10.2 Å². The highest BCUT2D eigenvalue weighted by molar-refractivity contribution is 5.95. The molecule has 4 heteroatoms. The molecular formula is C15H28N2O2. The van der Waals surface area contributed by atoms with E-state index in [1.165, 1.54) is 12.8 Å². The fourth-order valence-corrected chi connectivity index (χ4v) is 2.47. The smallest absolute Gasteiger partial charge is 0.246 e. The minimum atomic E-state index is -0.401. The quantitative estimate of drug-likeness (QED) is 0.778. The summed E-state index contributed by atoms with van der Waals surface area (Å²) in [7, 11) is 0. The van der Waals surface area contributed by atoms with Crippen molar-refractivity contribution in [3.63, 3.8) is 0 Å². The zero-order chi connectivity index (χ0) is 14.6. The van der Waals surface area contributed by atoms with Crippen LogP contribution in [0.4, 0.5) is 0 Å². The van der Waals surface area contributed by atoms with Gasteiger partial charge in [-0.05, 0) is 18.8 Å². The first-order chi connectivity index (χ1) is 8.77. The van der Waals surface area contributed by atoms with Crippen molar-refractivity contribution in [2.24, 2.45) is 5.41 Å². The molecular weight excluding hydrogens is 240 g/mol. The number of hydrogen-bond donors (Lipinski definition) is 1. The van der Waals surface area contributed by atoms with E-state index in [-0.39, 0.29) is 29.8 Å². The van der Waals surface area contributed by atoms with Crippen LogP contribution in [0.3, 0.4) is 0 Å². The van der Waals surface area contributed by atoms with Crippen LogP contribution in [-0.2, 0) is 9.59 Å². The van der Waals surface area contributed by atoms with Gasteiger partial charge >= 0.3 is 0 Å². The third kappa shape index (κ3) is 4.22. The van der Waals surface area contributed by atoms with Crippen LogP contribution < -0.4 is 5.32 Å². The van der Waals surface area contributed by atoms with Gasteiger partial charge in [-0.15, -0.1) is 0 Å². The molecule has 0 aromatic heterocycles. The standard InChI is InChI=1S/C15H28N2O2/c1-6-7-8-9-11(2)17-10-12(18)16-13(14(17)19)15(3,4)5/h11,13H,6-10H2,1-5H3,(H,16,18). The second kappa shape index (κ2) is 6.40. The molecule has 0 radical (unpaired) electrons. The molecule has 1 N–H and O–H groups in total. The van der Waals surface area contributed by atoms with E-state index in [1.54, 1.807) is 4.90 Å². The maximum atomic E-state index is 12.5. The number of unbranched alkanes of at least 4 members (excludes halogenated alkanes) is 2. The van der Waals surface area contributed by atoms with Crippen molar-refractivity contribution in [3.05, 3.63) is 0 Å². The van der Waals surface area contributed by atoms with Crippen LogP contribution in [0.1, 0.15) is 60.3 Å². The molecule has 0 saturated carbocycles. The Morgan fingerprint density at radius 3 is 2.47 bits per heavy atom. The van der Waals surface area contributed by atoms with Crippen molar-refractivity contribution in [3.8, 4) is 0 Å². The average Bonchev–Trinajstić information content (AvgIpc) is 2.30. The van der Waals surface area contributed by atoms with Crippen LogP contribution in [0.25, 0.3) is 0 Å². The fraction of sp³-hybridized carbons (Fsp3) is 0.867. The predicted molar refractivity (Wildman–Crippen MR) is 76.7 cm³/mol. The van der Waals surface area contributed by atoms with Gasteiger partial charge in [0.05, 0.1) is 6.54 Å². The van der Waals surface area contributed by atoms with Gasteiger partial charge in [0, 0.05) is 6.04 Å². The summed E-state index contributed by atoms with van der Waals surface area (Å²) in [5, 5.41) is 2.83. The van der Waals surface area contributed by atoms with E-state index in [1.807, 2.05) is 27.7 Å². The second-order valence-electron chi connectivity index (χ2n) is 6.68. The third-order valence-corrected chi connectivity index (χ3v) is 3.77. The van der Waals surface area contributed by atoms with Gasteiger partial charge in [0.25, 0.3) is 0 Å². The molecule has 2 amide bonds. The van der Waals surface area contributed by atoms with Crippen LogP contribution in [-0.4, -0.2) is 35.3 Å². The SMILES string of the molecule is CCCCCC(C)N1CC(=O)NC(C(C)(C)C)C1=O. The zero-order valence-corrected chi connectivity index (χ0v) is 13.0. The van der Waals surface area contributed by atoms with Crippen molar-refractivity contribution >= 4 is 11.8 Å². The summed E-state index contributed by atoms with van der Waals surface area (Å²) in [5.41, 5.74) is -0.242. The van der Waals surface area contributed by atoms with Crippen molar-refractivity contribution in [1.29, 1.82) is 0 Å². The first-order valence-electron chi connectivity index (χ1n) is 7.37. The molecule has 110 valence electrons. The maximum Gasteiger partial charge on any atom is 0.246 e. The molecule has 1 rings (SSSR count). The highest BCUT2D eigenvalue weighted by atomic mass is 16.2. The first kappa shape index (κ1) is 16.0. The van der Waals surface area contributed by atoms with E-state index >= 15 is 0 Å². The Bertz CT molecular complexity index is 334. The summed E-state index contributed by atoms with van der Waals surface area (Å²) < 4.78 is 0. The molecule has 1 fully saturated rings. The molecule has 1 aliphatic rings. The topological polar surface area (TPSA) is 49.4 Å². The number of nitrogens with zero attached hydrogens (tertiary/aromatic N) is 1. The number of carbonyl (C=O) groups excluding carboxylic acids is 2. The molecule has 0 aromatic rings. The van der Waals surface area contributed by atoms with Crippen molar-refractivity contribution in [2.75, 3.05) is 6.54 Å². The summed E-state index contributed by atoms with van der Waals surface area (Å²) in [6.45, 7) is 10.4. The first-order valence-corrected chi connectivity index (χ1v) is 7.37. The zero-order valence-electron chi connectivity index (χ0n) is 13.0. The molecule has 2 unspecified atom stereocenters. The maximum absolute atomic E-state index is 12.5. The fourth-order valence-electron chi connectivity index (χ4n) is 2.47. The minimum absolute atomic E-state index is 0.0399. The summed E-state index contributed by atoms with van der Waals surface area (Å²) in [6.07, 6.45) is 4.44. The Hall–Kier alpha value is -1.06. The average molecular weight is 268 g/mol. The minimum Gasteiger partial charge on any atom is -0.342 e. The molecule has 4 nitrogen and oxygen atoms in total. The van der Waals surface area contributed by atoms with Gasteiger partial charge in [0.1, 0.15) is 6.04 Å². The molecule has 0 aromatic carbocycles. The lowest BCUT2D eigenvalue weighted by molar-refractivity contribution is -0.149. The highest BCUT2D eigenvalue weighted by Crippen LogP contribution is 2.25. The number of hydrogen-bond acceptors (Lipinski definition) is 2. The predicted octanol–water partition coefficient (Wildman–Crippen LogP) is 2.33. The van der Waals surface area contributed by atoms with Crippen molar-refractivity contribution < 1.29 is 9.59 Å². The van der Waals surface area contributed by atoms with Crippen LogP contribution in [0.15, 0.2) is 0 Å². The number of piperazine rings is 1. The van der Waals surface area contributed by atoms with Crippen LogP contribution in [0.2, 0.25) is 0 Å². The third-order valence-electron chi connectivity index (χ3n) is 3.77. The molecule has 1 aliphatic heterocycles. The lowest BCUT2D eigenvalue weighted by atomic mass is 9.84. The number of amides is 2. The molecule has 0 aliphatic carbocycles. The van der Waals surface area contributed by atoms with E-state index in [4.69, 9.17) is 0 Å². The normalized spacial score (nSPS) is 22.4. The van der Waals surface area contributed by atoms with Crippen LogP contribution >= 0.6 is 0 Å². The van der Waals surface area contributed by atoms with Gasteiger partial charge in [-0.25, -0.2) is 0 Å². The Morgan fingerprint density at radius 1 is 1.32 bits per heavy atom. The summed E-state index contributed by atoms with van der Waals surface area (Å²) >= 11 is 0. The molecule has 1 heterocycles. The summed E-state index contributed by atoms with van der Waals surface area (Å²) in [6, 6.07) is -0.252. The van der Waals surface area contributed by atoms with E-state index in [2.05, 4.69) is 12.2 Å². The van der Waals surface area contributed by atoms with E-state index in [0.29, 0.717) is 0 Å². The Kier molecular flexibility index (Phi) is 5.39. The Labute approximate surface area is 116 Å². The lowest BCUT2D eigenvalue weighted by Gasteiger charge is -2.41. The van der Waals surface area contributed by atoms with Crippen LogP contribution in [0.5, 0.6) is 0 Å². The van der Waals surface area contributed by atoms with Gasteiger partial charge in [0.15, 0.2) is 0 Å². The van der Waals surface area contributed by atoms with Gasteiger partial charge < -0.3 is 10.2 Å². The lowest BCUT2D eigenvalue weighted by Crippen LogP contribution is -2.63. The molecule has 2 atom stereocenters. The Balaban J connectivity index is 2.71. The van der Waals surface area contributed by atoms with Gasteiger partial charge in [-0.3, -0.25) is 9.59 Å². The largest absolute Gasteiger partial charge is 0.342 e.